The number of aryl methyl sites for hydroxylation is 1. The zero-order valence-electron chi connectivity index (χ0n) is 10.9. The number of hydrogen-bond acceptors (Lipinski definition) is 5. The zero-order chi connectivity index (χ0) is 13.8. The molecule has 0 aliphatic carbocycles. The average Bonchev–Trinajstić information content (AvgIpc) is 2.77. The Labute approximate surface area is 111 Å². The molecule has 2 heterocycles. The standard InChI is InChI=1S/C12H18N4O3/c1-8(17)3-2-4-9-7-16(15-14-9)10-5-6-11(18)13-12(10)19/h7-8,10,17H,2-6H2,1H3,(H,13,18,19). The first-order chi connectivity index (χ1) is 9.06. The van der Waals surface area contributed by atoms with Crippen molar-refractivity contribution in [1.82, 2.24) is 20.3 Å². The third-order valence-electron chi connectivity index (χ3n) is 3.14. The van der Waals surface area contributed by atoms with Gasteiger partial charge >= 0.3 is 0 Å². The van der Waals surface area contributed by atoms with Crippen molar-refractivity contribution >= 4 is 11.8 Å². The highest BCUT2D eigenvalue weighted by Crippen LogP contribution is 2.17. The Kier molecular flexibility index (Phi) is 4.26. The number of piperidine rings is 1. The van der Waals surface area contributed by atoms with Crippen LogP contribution in [0.4, 0.5) is 0 Å². The number of hydrogen-bond donors (Lipinski definition) is 2. The first kappa shape index (κ1) is 13.7. The van der Waals surface area contributed by atoms with Crippen molar-refractivity contribution < 1.29 is 14.7 Å². The largest absolute Gasteiger partial charge is 0.393 e. The van der Waals surface area contributed by atoms with E-state index < -0.39 is 6.04 Å². The zero-order valence-corrected chi connectivity index (χ0v) is 10.9. The molecule has 1 aromatic rings. The Morgan fingerprint density at radius 1 is 1.58 bits per heavy atom. The SMILES string of the molecule is CC(O)CCCc1cn(C2CCC(=O)NC2=O)nn1. The summed E-state index contributed by atoms with van der Waals surface area (Å²) in [5.74, 6) is -0.560. The molecule has 1 aliphatic heterocycles. The summed E-state index contributed by atoms with van der Waals surface area (Å²) in [6.07, 6.45) is 4.47. The Balaban J connectivity index is 1.93. The molecule has 2 rings (SSSR count). The van der Waals surface area contributed by atoms with Gasteiger partial charge in [0.05, 0.1) is 11.8 Å². The van der Waals surface area contributed by atoms with Gasteiger partial charge in [0, 0.05) is 12.6 Å². The van der Waals surface area contributed by atoms with Crippen LogP contribution in [0.25, 0.3) is 0 Å². The van der Waals surface area contributed by atoms with E-state index in [9.17, 15) is 14.7 Å². The van der Waals surface area contributed by atoms with E-state index in [2.05, 4.69) is 15.6 Å². The van der Waals surface area contributed by atoms with Crippen molar-refractivity contribution in [2.45, 2.75) is 51.2 Å². The molecule has 0 saturated carbocycles. The Morgan fingerprint density at radius 3 is 3.05 bits per heavy atom. The number of rotatable bonds is 5. The van der Waals surface area contributed by atoms with Gasteiger partial charge in [-0.2, -0.15) is 0 Å². The molecule has 7 nitrogen and oxygen atoms in total. The van der Waals surface area contributed by atoms with Gasteiger partial charge in [-0.1, -0.05) is 5.21 Å². The fourth-order valence-corrected chi connectivity index (χ4v) is 2.09. The highest BCUT2D eigenvalue weighted by Gasteiger charge is 2.28. The molecular weight excluding hydrogens is 248 g/mol. The van der Waals surface area contributed by atoms with Gasteiger partial charge in [0.1, 0.15) is 6.04 Å². The number of aromatic nitrogens is 3. The summed E-state index contributed by atoms with van der Waals surface area (Å²) in [7, 11) is 0. The molecule has 104 valence electrons. The van der Waals surface area contributed by atoms with Crippen molar-refractivity contribution in [1.29, 1.82) is 0 Å². The molecule has 0 radical (unpaired) electrons. The van der Waals surface area contributed by atoms with Crippen LogP contribution in [-0.2, 0) is 16.0 Å². The van der Waals surface area contributed by atoms with Crippen molar-refractivity contribution in [2.24, 2.45) is 0 Å². The van der Waals surface area contributed by atoms with Crippen LogP contribution in [0.1, 0.15) is 44.3 Å². The van der Waals surface area contributed by atoms with Gasteiger partial charge in [0.2, 0.25) is 5.91 Å². The first-order valence-electron chi connectivity index (χ1n) is 6.48. The molecule has 7 heteroatoms. The molecule has 1 saturated heterocycles. The minimum Gasteiger partial charge on any atom is -0.393 e. The lowest BCUT2D eigenvalue weighted by Gasteiger charge is -2.20. The predicted molar refractivity (Wildman–Crippen MR) is 66.1 cm³/mol. The second-order valence-electron chi connectivity index (χ2n) is 4.90. The fraction of sp³-hybridized carbons (Fsp3) is 0.667. The van der Waals surface area contributed by atoms with E-state index in [0.29, 0.717) is 19.3 Å². The number of aliphatic hydroxyl groups is 1. The number of imide groups is 1. The summed E-state index contributed by atoms with van der Waals surface area (Å²) in [6.45, 7) is 1.75. The minimum atomic E-state index is -0.448. The summed E-state index contributed by atoms with van der Waals surface area (Å²) in [5.41, 5.74) is 0.797. The van der Waals surface area contributed by atoms with Crippen molar-refractivity contribution in [3.05, 3.63) is 11.9 Å². The summed E-state index contributed by atoms with van der Waals surface area (Å²) >= 11 is 0. The second kappa shape index (κ2) is 5.92. The fourth-order valence-electron chi connectivity index (χ4n) is 2.09. The van der Waals surface area contributed by atoms with Crippen LogP contribution in [0.15, 0.2) is 6.20 Å². The lowest BCUT2D eigenvalue weighted by Crippen LogP contribution is -2.41. The van der Waals surface area contributed by atoms with Gasteiger partial charge in [0.15, 0.2) is 0 Å². The van der Waals surface area contributed by atoms with Crippen molar-refractivity contribution in [3.8, 4) is 0 Å². The molecule has 0 aromatic carbocycles. The topological polar surface area (TPSA) is 97.1 Å². The molecule has 2 atom stereocenters. The normalized spacial score (nSPS) is 21.3. The highest BCUT2D eigenvalue weighted by molar-refractivity contribution is 5.99. The Hall–Kier alpha value is -1.76. The average molecular weight is 266 g/mol. The number of amides is 2. The predicted octanol–water partition coefficient (Wildman–Crippen LogP) is -0.0407. The third kappa shape index (κ3) is 3.60. The molecule has 19 heavy (non-hydrogen) atoms. The quantitative estimate of drug-likeness (QED) is 0.729. The number of nitrogens with zero attached hydrogens (tertiary/aromatic N) is 3. The van der Waals surface area contributed by atoms with Gasteiger partial charge in [-0.05, 0) is 32.6 Å². The molecule has 1 aromatic heterocycles. The van der Waals surface area contributed by atoms with E-state index >= 15 is 0 Å². The molecule has 2 N–H and O–H groups in total. The maximum absolute atomic E-state index is 11.7. The maximum atomic E-state index is 11.7. The lowest BCUT2D eigenvalue weighted by molar-refractivity contribution is -0.136. The second-order valence-corrected chi connectivity index (χ2v) is 4.90. The van der Waals surface area contributed by atoms with E-state index in [1.807, 2.05) is 0 Å². The maximum Gasteiger partial charge on any atom is 0.251 e. The van der Waals surface area contributed by atoms with Crippen LogP contribution in [0.3, 0.4) is 0 Å². The molecule has 0 bridgehead atoms. The van der Waals surface area contributed by atoms with Crippen LogP contribution >= 0.6 is 0 Å². The number of aliphatic hydroxyl groups excluding tert-OH is 1. The van der Waals surface area contributed by atoms with Crippen LogP contribution < -0.4 is 5.32 Å². The van der Waals surface area contributed by atoms with Gasteiger partial charge in [-0.15, -0.1) is 5.10 Å². The highest BCUT2D eigenvalue weighted by atomic mass is 16.3. The van der Waals surface area contributed by atoms with Crippen LogP contribution in [0.5, 0.6) is 0 Å². The molecule has 0 spiro atoms. The third-order valence-corrected chi connectivity index (χ3v) is 3.14. The first-order valence-corrected chi connectivity index (χ1v) is 6.48. The van der Waals surface area contributed by atoms with E-state index in [1.54, 1.807) is 13.1 Å². The van der Waals surface area contributed by atoms with E-state index in [0.717, 1.165) is 18.5 Å². The van der Waals surface area contributed by atoms with Gasteiger partial charge in [-0.3, -0.25) is 14.9 Å². The summed E-state index contributed by atoms with van der Waals surface area (Å²) in [5, 5.41) is 19.4. The minimum absolute atomic E-state index is 0.237. The van der Waals surface area contributed by atoms with E-state index in [1.165, 1.54) is 4.68 Å². The van der Waals surface area contributed by atoms with Gasteiger partial charge < -0.3 is 5.11 Å². The molecule has 1 aliphatic rings. The van der Waals surface area contributed by atoms with E-state index in [4.69, 9.17) is 0 Å². The lowest BCUT2D eigenvalue weighted by atomic mass is 10.1. The Bertz CT molecular complexity index is 469. The molecule has 2 amide bonds. The van der Waals surface area contributed by atoms with Crippen LogP contribution in [0.2, 0.25) is 0 Å². The van der Waals surface area contributed by atoms with Crippen molar-refractivity contribution in [2.75, 3.05) is 0 Å². The van der Waals surface area contributed by atoms with Gasteiger partial charge in [0.25, 0.3) is 5.91 Å². The summed E-state index contributed by atoms with van der Waals surface area (Å²) in [4.78, 5) is 22.7. The number of carbonyl (C=O) groups excluding carboxylic acids is 2. The van der Waals surface area contributed by atoms with Crippen LogP contribution in [-0.4, -0.2) is 38.0 Å². The molecular formula is C12H18N4O3. The smallest absolute Gasteiger partial charge is 0.251 e. The van der Waals surface area contributed by atoms with Crippen molar-refractivity contribution in [3.63, 3.8) is 0 Å². The molecule has 1 fully saturated rings. The monoisotopic (exact) mass is 266 g/mol. The van der Waals surface area contributed by atoms with Crippen LogP contribution in [0, 0.1) is 0 Å². The summed E-state index contributed by atoms with van der Waals surface area (Å²) in [6, 6.07) is -0.448. The van der Waals surface area contributed by atoms with Gasteiger partial charge in [-0.25, -0.2) is 4.68 Å². The molecule has 2 unspecified atom stereocenters. The summed E-state index contributed by atoms with van der Waals surface area (Å²) < 4.78 is 1.51. The van der Waals surface area contributed by atoms with E-state index in [-0.39, 0.29) is 17.9 Å². The number of carbonyl (C=O) groups is 2. The Morgan fingerprint density at radius 2 is 2.37 bits per heavy atom. The number of nitrogens with one attached hydrogen (secondary N) is 1.